The molecule has 0 radical (unpaired) electrons. The lowest BCUT2D eigenvalue weighted by Crippen LogP contribution is -2.44. The van der Waals surface area contributed by atoms with Gasteiger partial charge in [0, 0.05) is 5.92 Å². The minimum atomic E-state index is -1.05. The Kier molecular flexibility index (Phi) is 5.83. The third-order valence-electron chi connectivity index (χ3n) is 3.59. The number of esters is 1. The van der Waals surface area contributed by atoms with E-state index in [2.05, 4.69) is 11.4 Å². The zero-order valence-electron chi connectivity index (χ0n) is 13.0. The molecular weight excluding hydrogens is 312 g/mol. The van der Waals surface area contributed by atoms with Gasteiger partial charge in [-0.3, -0.25) is 9.59 Å². The molecule has 120 valence electrons. The number of hydrogen-bond acceptors (Lipinski definition) is 5. The molecule has 0 unspecified atom stereocenters. The van der Waals surface area contributed by atoms with Crippen molar-refractivity contribution in [1.29, 1.82) is 5.26 Å². The van der Waals surface area contributed by atoms with Crippen molar-refractivity contribution >= 4 is 23.6 Å². The monoisotopic (exact) mass is 330 g/mol. The third kappa shape index (κ3) is 3.57. The Morgan fingerprint density at radius 1 is 1.39 bits per heavy atom. The summed E-state index contributed by atoms with van der Waals surface area (Å²) >= 11 is 1.43. The molecule has 0 fully saturated rings. The van der Waals surface area contributed by atoms with Crippen molar-refractivity contribution in [2.24, 2.45) is 5.92 Å². The van der Waals surface area contributed by atoms with Crippen molar-refractivity contribution in [1.82, 2.24) is 5.32 Å². The number of nitrogens with one attached hydrogen (secondary N) is 1. The van der Waals surface area contributed by atoms with E-state index in [-0.39, 0.29) is 0 Å². The molecule has 0 aliphatic carbocycles. The van der Waals surface area contributed by atoms with Gasteiger partial charge in [0.25, 0.3) is 0 Å². The van der Waals surface area contributed by atoms with Crippen LogP contribution >= 0.6 is 11.8 Å². The van der Waals surface area contributed by atoms with Crippen LogP contribution in [0.5, 0.6) is 0 Å². The van der Waals surface area contributed by atoms with Gasteiger partial charge in [0.15, 0.2) is 0 Å². The molecule has 1 aliphatic rings. The summed E-state index contributed by atoms with van der Waals surface area (Å²) in [4.78, 5) is 24.6. The van der Waals surface area contributed by atoms with Crippen molar-refractivity contribution < 1.29 is 14.3 Å². The number of amides is 1. The van der Waals surface area contributed by atoms with Gasteiger partial charge < -0.3 is 10.1 Å². The van der Waals surface area contributed by atoms with Crippen LogP contribution in [-0.2, 0) is 14.3 Å². The summed E-state index contributed by atoms with van der Waals surface area (Å²) in [5.41, 5.74) is 1.16. The maximum Gasteiger partial charge on any atom is 0.319 e. The summed E-state index contributed by atoms with van der Waals surface area (Å²) in [6, 6.07) is 11.3. The molecule has 1 heterocycles. The maximum absolute atomic E-state index is 12.4. The minimum Gasteiger partial charge on any atom is -0.468 e. The van der Waals surface area contributed by atoms with E-state index in [9.17, 15) is 14.9 Å². The standard InChI is InChI=1S/C17H18N2O3S/c1-3-9-23-16-12(10-18)13(11-7-5-4-6-8-11)14(15(20)19-16)17(21)22-2/h4-8,13-14H,3,9H2,1-2H3,(H,19,20)/t13-,14+/m1/s1. The highest BCUT2D eigenvalue weighted by Gasteiger charge is 2.44. The Bertz CT molecular complexity index is 664. The number of carbonyl (C=O) groups is 2. The molecule has 1 amide bonds. The molecule has 0 spiro atoms. The van der Waals surface area contributed by atoms with Gasteiger partial charge in [0.1, 0.15) is 5.92 Å². The van der Waals surface area contributed by atoms with Crippen molar-refractivity contribution in [2.45, 2.75) is 19.3 Å². The lowest BCUT2D eigenvalue weighted by molar-refractivity contribution is -0.150. The Morgan fingerprint density at radius 3 is 2.65 bits per heavy atom. The van der Waals surface area contributed by atoms with E-state index in [0.717, 1.165) is 17.7 Å². The zero-order valence-corrected chi connectivity index (χ0v) is 13.9. The smallest absolute Gasteiger partial charge is 0.319 e. The van der Waals surface area contributed by atoms with Gasteiger partial charge in [-0.25, -0.2) is 0 Å². The number of carbonyl (C=O) groups excluding carboxylic acids is 2. The summed E-state index contributed by atoms with van der Waals surface area (Å²) < 4.78 is 4.78. The number of methoxy groups -OCH3 is 1. The van der Waals surface area contributed by atoms with Gasteiger partial charge in [-0.05, 0) is 17.7 Å². The Balaban J connectivity index is 2.56. The quantitative estimate of drug-likeness (QED) is 0.663. The van der Waals surface area contributed by atoms with E-state index < -0.39 is 23.7 Å². The van der Waals surface area contributed by atoms with Gasteiger partial charge in [0.2, 0.25) is 5.91 Å². The van der Waals surface area contributed by atoms with Crippen molar-refractivity contribution in [3.8, 4) is 6.07 Å². The molecule has 2 rings (SSSR count). The van der Waals surface area contributed by atoms with E-state index >= 15 is 0 Å². The van der Waals surface area contributed by atoms with Crippen molar-refractivity contribution in [2.75, 3.05) is 12.9 Å². The van der Waals surface area contributed by atoms with Gasteiger partial charge in [-0.1, -0.05) is 37.3 Å². The average molecular weight is 330 g/mol. The normalized spacial score (nSPS) is 20.7. The van der Waals surface area contributed by atoms with Crippen molar-refractivity contribution in [3.63, 3.8) is 0 Å². The van der Waals surface area contributed by atoms with Crippen LogP contribution in [0.1, 0.15) is 24.8 Å². The molecule has 1 aromatic rings. The molecular formula is C17H18N2O3S. The predicted molar refractivity (Wildman–Crippen MR) is 88.2 cm³/mol. The predicted octanol–water partition coefficient (Wildman–Crippen LogP) is 2.57. The number of thioether (sulfide) groups is 1. The fraction of sp³-hybridized carbons (Fsp3) is 0.353. The lowest BCUT2D eigenvalue weighted by Gasteiger charge is -2.30. The third-order valence-corrected chi connectivity index (χ3v) is 4.82. The largest absolute Gasteiger partial charge is 0.468 e. The summed E-state index contributed by atoms with van der Waals surface area (Å²) in [5.74, 6) is -1.96. The second-order valence-corrected chi connectivity index (χ2v) is 6.19. The zero-order chi connectivity index (χ0) is 16.8. The molecule has 1 N–H and O–H groups in total. The molecule has 0 saturated carbocycles. The van der Waals surface area contributed by atoms with Gasteiger partial charge in [-0.15, -0.1) is 11.8 Å². The number of nitrogens with zero attached hydrogens (tertiary/aromatic N) is 1. The van der Waals surface area contributed by atoms with Gasteiger partial charge in [0.05, 0.1) is 23.8 Å². The maximum atomic E-state index is 12.4. The van der Waals surface area contributed by atoms with E-state index in [1.165, 1.54) is 18.9 Å². The first-order chi connectivity index (χ1) is 11.1. The van der Waals surface area contributed by atoms with Crippen LogP contribution in [0, 0.1) is 17.2 Å². The number of benzene rings is 1. The molecule has 23 heavy (non-hydrogen) atoms. The first-order valence-electron chi connectivity index (χ1n) is 7.34. The number of allylic oxidation sites excluding steroid dienone is 1. The summed E-state index contributed by atoms with van der Waals surface area (Å²) in [7, 11) is 1.24. The Hall–Kier alpha value is -2.26. The molecule has 1 aromatic carbocycles. The van der Waals surface area contributed by atoms with E-state index in [1.54, 1.807) is 0 Å². The Labute approximate surface area is 139 Å². The summed E-state index contributed by atoms with van der Waals surface area (Å²) in [6.07, 6.45) is 0.916. The fourth-order valence-electron chi connectivity index (χ4n) is 2.54. The van der Waals surface area contributed by atoms with Crippen LogP contribution in [0.3, 0.4) is 0 Å². The second kappa shape index (κ2) is 7.84. The fourth-order valence-corrected chi connectivity index (χ4v) is 3.45. The van der Waals surface area contributed by atoms with Crippen LogP contribution in [-0.4, -0.2) is 24.7 Å². The average Bonchev–Trinajstić information content (AvgIpc) is 2.59. The molecule has 6 heteroatoms. The summed E-state index contributed by atoms with van der Waals surface area (Å²) in [6.45, 7) is 2.02. The number of nitriles is 1. The lowest BCUT2D eigenvalue weighted by atomic mass is 9.78. The van der Waals surface area contributed by atoms with Crippen molar-refractivity contribution in [3.05, 3.63) is 46.5 Å². The number of hydrogen-bond donors (Lipinski definition) is 1. The van der Waals surface area contributed by atoms with Gasteiger partial charge >= 0.3 is 5.97 Å². The van der Waals surface area contributed by atoms with E-state index in [0.29, 0.717) is 10.6 Å². The highest BCUT2D eigenvalue weighted by molar-refractivity contribution is 8.03. The molecule has 5 nitrogen and oxygen atoms in total. The van der Waals surface area contributed by atoms with Crippen LogP contribution in [0.25, 0.3) is 0 Å². The van der Waals surface area contributed by atoms with Crippen LogP contribution < -0.4 is 5.32 Å². The second-order valence-electron chi connectivity index (χ2n) is 5.08. The topological polar surface area (TPSA) is 79.2 Å². The molecule has 0 bridgehead atoms. The number of rotatable bonds is 5. The SMILES string of the molecule is CCCSC1=C(C#N)[C@@H](c2ccccc2)[C@H](C(=O)OC)C(=O)N1. The molecule has 2 atom stereocenters. The van der Waals surface area contributed by atoms with E-state index in [1.807, 2.05) is 37.3 Å². The van der Waals surface area contributed by atoms with E-state index in [4.69, 9.17) is 4.74 Å². The highest BCUT2D eigenvalue weighted by atomic mass is 32.2. The molecule has 0 saturated heterocycles. The number of ether oxygens (including phenoxy) is 1. The highest BCUT2D eigenvalue weighted by Crippen LogP contribution is 2.40. The van der Waals surface area contributed by atoms with Gasteiger partial charge in [-0.2, -0.15) is 5.26 Å². The van der Waals surface area contributed by atoms with Crippen LogP contribution in [0.15, 0.2) is 40.9 Å². The molecule has 1 aliphatic heterocycles. The van der Waals surface area contributed by atoms with Crippen LogP contribution in [0.4, 0.5) is 0 Å². The first kappa shape index (κ1) is 17.1. The minimum absolute atomic E-state index is 0.407. The summed E-state index contributed by atoms with van der Waals surface area (Å²) in [5, 5.41) is 12.9. The molecule has 0 aromatic heterocycles. The Morgan fingerprint density at radius 2 is 2.09 bits per heavy atom. The van der Waals surface area contributed by atoms with Crippen LogP contribution in [0.2, 0.25) is 0 Å². The first-order valence-corrected chi connectivity index (χ1v) is 8.33.